The van der Waals surface area contributed by atoms with E-state index in [0.29, 0.717) is 16.7 Å². The molecule has 18 heavy (non-hydrogen) atoms. The number of aryl methyl sites for hydroxylation is 1. The fraction of sp³-hybridized carbons (Fsp3) is 0.667. The number of nitrogens with zero attached hydrogens (tertiary/aromatic N) is 2. The van der Waals surface area contributed by atoms with Gasteiger partial charge in [0.25, 0.3) is 5.56 Å². The van der Waals surface area contributed by atoms with Crippen LogP contribution in [0.25, 0.3) is 0 Å². The number of aliphatic hydroxyl groups excluding tert-OH is 1. The molecule has 0 aliphatic heterocycles. The van der Waals surface area contributed by atoms with E-state index >= 15 is 0 Å². The van der Waals surface area contributed by atoms with Gasteiger partial charge in [0.05, 0.1) is 24.0 Å². The van der Waals surface area contributed by atoms with Crippen molar-refractivity contribution in [2.45, 2.75) is 45.7 Å². The summed E-state index contributed by atoms with van der Waals surface area (Å²) in [6.07, 6.45) is 3.22. The van der Waals surface area contributed by atoms with Gasteiger partial charge in [-0.1, -0.05) is 13.8 Å². The molecule has 0 saturated heterocycles. The maximum absolute atomic E-state index is 12.0. The molecular weight excluding hydrogens is 298 g/mol. The standard InChI is InChI=1S/C12H20BrN3O2/c1-4-6-16-11(18)10(13)9(7-14-16)15-12(3,5-2)8-17/h7,15,17H,4-6,8H2,1-3H3. The number of anilines is 1. The van der Waals surface area contributed by atoms with E-state index in [2.05, 4.69) is 26.3 Å². The zero-order chi connectivity index (χ0) is 13.8. The number of hydrogen-bond acceptors (Lipinski definition) is 4. The van der Waals surface area contributed by atoms with Gasteiger partial charge >= 0.3 is 0 Å². The molecule has 6 heteroatoms. The lowest BCUT2D eigenvalue weighted by Crippen LogP contribution is -2.39. The molecule has 2 N–H and O–H groups in total. The first kappa shape index (κ1) is 15.2. The molecule has 1 aromatic heterocycles. The average molecular weight is 318 g/mol. The van der Waals surface area contributed by atoms with Crippen LogP contribution in [-0.4, -0.2) is 27.0 Å². The fourth-order valence-corrected chi connectivity index (χ4v) is 1.89. The molecule has 0 radical (unpaired) electrons. The number of hydrogen-bond donors (Lipinski definition) is 2. The second kappa shape index (κ2) is 6.33. The van der Waals surface area contributed by atoms with Gasteiger partial charge in [0, 0.05) is 6.54 Å². The molecule has 1 rings (SSSR count). The summed E-state index contributed by atoms with van der Waals surface area (Å²) in [4.78, 5) is 12.0. The van der Waals surface area contributed by atoms with Gasteiger partial charge in [-0.05, 0) is 35.7 Å². The van der Waals surface area contributed by atoms with E-state index < -0.39 is 5.54 Å². The molecular formula is C12H20BrN3O2. The van der Waals surface area contributed by atoms with Crippen molar-refractivity contribution in [2.75, 3.05) is 11.9 Å². The number of aliphatic hydroxyl groups is 1. The van der Waals surface area contributed by atoms with Gasteiger partial charge in [0.15, 0.2) is 0 Å². The third-order valence-electron chi connectivity index (χ3n) is 2.99. The van der Waals surface area contributed by atoms with Crippen LogP contribution in [0.4, 0.5) is 5.69 Å². The minimum atomic E-state index is -0.451. The first-order chi connectivity index (χ1) is 8.47. The van der Waals surface area contributed by atoms with Crippen molar-refractivity contribution in [3.8, 4) is 0 Å². The first-order valence-corrected chi connectivity index (χ1v) is 6.91. The van der Waals surface area contributed by atoms with Crippen molar-refractivity contribution in [1.82, 2.24) is 9.78 Å². The molecule has 5 nitrogen and oxygen atoms in total. The van der Waals surface area contributed by atoms with E-state index in [-0.39, 0.29) is 12.2 Å². The van der Waals surface area contributed by atoms with Crippen LogP contribution in [0, 0.1) is 0 Å². The van der Waals surface area contributed by atoms with Crippen LogP contribution in [0.5, 0.6) is 0 Å². The number of nitrogens with one attached hydrogen (secondary N) is 1. The summed E-state index contributed by atoms with van der Waals surface area (Å²) in [6.45, 7) is 6.46. The van der Waals surface area contributed by atoms with Crippen molar-refractivity contribution in [1.29, 1.82) is 0 Å². The molecule has 0 aliphatic rings. The summed E-state index contributed by atoms with van der Waals surface area (Å²) in [6, 6.07) is 0. The molecule has 0 spiro atoms. The predicted molar refractivity (Wildman–Crippen MR) is 75.9 cm³/mol. The lowest BCUT2D eigenvalue weighted by Gasteiger charge is -2.28. The highest BCUT2D eigenvalue weighted by Crippen LogP contribution is 2.22. The van der Waals surface area contributed by atoms with E-state index in [1.807, 2.05) is 20.8 Å². The summed E-state index contributed by atoms with van der Waals surface area (Å²) in [5.74, 6) is 0. The van der Waals surface area contributed by atoms with E-state index in [0.717, 1.165) is 12.8 Å². The summed E-state index contributed by atoms with van der Waals surface area (Å²) in [5.41, 5.74) is 0.0112. The van der Waals surface area contributed by atoms with Crippen LogP contribution in [-0.2, 0) is 6.54 Å². The highest BCUT2D eigenvalue weighted by molar-refractivity contribution is 9.10. The van der Waals surface area contributed by atoms with Gasteiger partial charge in [0.2, 0.25) is 0 Å². The Morgan fingerprint density at radius 3 is 2.72 bits per heavy atom. The lowest BCUT2D eigenvalue weighted by atomic mass is 10.0. The number of aromatic nitrogens is 2. The molecule has 0 amide bonds. The van der Waals surface area contributed by atoms with E-state index in [4.69, 9.17) is 0 Å². The monoisotopic (exact) mass is 317 g/mol. The Kier molecular flexibility index (Phi) is 5.34. The van der Waals surface area contributed by atoms with Crippen LogP contribution >= 0.6 is 15.9 Å². The van der Waals surface area contributed by atoms with Crippen molar-refractivity contribution in [3.63, 3.8) is 0 Å². The Morgan fingerprint density at radius 1 is 1.56 bits per heavy atom. The zero-order valence-corrected chi connectivity index (χ0v) is 12.6. The largest absolute Gasteiger partial charge is 0.394 e. The van der Waals surface area contributed by atoms with E-state index in [1.54, 1.807) is 6.20 Å². The first-order valence-electron chi connectivity index (χ1n) is 6.12. The van der Waals surface area contributed by atoms with Crippen LogP contribution < -0.4 is 10.9 Å². The lowest BCUT2D eigenvalue weighted by molar-refractivity contribution is 0.219. The fourth-order valence-electron chi connectivity index (χ4n) is 1.49. The highest BCUT2D eigenvalue weighted by atomic mass is 79.9. The maximum Gasteiger partial charge on any atom is 0.283 e. The molecule has 0 bridgehead atoms. The maximum atomic E-state index is 12.0. The van der Waals surface area contributed by atoms with E-state index in [1.165, 1.54) is 4.68 Å². The van der Waals surface area contributed by atoms with Crippen molar-refractivity contribution in [2.24, 2.45) is 0 Å². The average Bonchev–Trinajstić information content (AvgIpc) is 2.38. The van der Waals surface area contributed by atoms with Crippen LogP contribution in [0.1, 0.15) is 33.6 Å². The van der Waals surface area contributed by atoms with Crippen molar-refractivity contribution in [3.05, 3.63) is 21.0 Å². The molecule has 0 aromatic carbocycles. The van der Waals surface area contributed by atoms with Gasteiger partial charge in [-0.25, -0.2) is 4.68 Å². The smallest absolute Gasteiger partial charge is 0.283 e. The highest BCUT2D eigenvalue weighted by Gasteiger charge is 2.22. The molecule has 0 fully saturated rings. The Morgan fingerprint density at radius 2 is 2.22 bits per heavy atom. The molecule has 1 atom stereocenters. The third-order valence-corrected chi connectivity index (χ3v) is 3.75. The topological polar surface area (TPSA) is 67.2 Å². The zero-order valence-electron chi connectivity index (χ0n) is 11.0. The molecule has 0 aliphatic carbocycles. The Labute approximate surface area is 115 Å². The molecule has 1 heterocycles. The Balaban J connectivity index is 3.06. The van der Waals surface area contributed by atoms with Gasteiger partial charge in [-0.3, -0.25) is 4.79 Å². The van der Waals surface area contributed by atoms with Gasteiger partial charge < -0.3 is 10.4 Å². The molecule has 1 aromatic rings. The summed E-state index contributed by atoms with van der Waals surface area (Å²) in [7, 11) is 0. The third kappa shape index (κ3) is 3.32. The van der Waals surface area contributed by atoms with Crippen molar-refractivity contribution < 1.29 is 5.11 Å². The normalized spacial score (nSPS) is 14.3. The molecule has 102 valence electrons. The number of rotatable bonds is 6. The minimum Gasteiger partial charge on any atom is -0.394 e. The Bertz CT molecular complexity index is 455. The second-order valence-corrected chi connectivity index (χ2v) is 5.39. The summed E-state index contributed by atoms with van der Waals surface area (Å²) in [5, 5.41) is 16.6. The number of halogens is 1. The summed E-state index contributed by atoms with van der Waals surface area (Å²) >= 11 is 3.29. The van der Waals surface area contributed by atoms with Crippen LogP contribution in [0.2, 0.25) is 0 Å². The van der Waals surface area contributed by atoms with Crippen LogP contribution in [0.3, 0.4) is 0 Å². The predicted octanol–water partition coefficient (Wildman–Crippen LogP) is 1.99. The SMILES string of the molecule is CCCn1ncc(NC(C)(CC)CO)c(Br)c1=O. The molecule has 0 saturated carbocycles. The van der Waals surface area contributed by atoms with Gasteiger partial charge in [-0.15, -0.1) is 0 Å². The van der Waals surface area contributed by atoms with Gasteiger partial charge in [-0.2, -0.15) is 5.10 Å². The summed E-state index contributed by atoms with van der Waals surface area (Å²) < 4.78 is 1.89. The minimum absolute atomic E-state index is 0.00597. The molecule has 1 unspecified atom stereocenters. The quantitative estimate of drug-likeness (QED) is 0.842. The van der Waals surface area contributed by atoms with Gasteiger partial charge in [0.1, 0.15) is 4.47 Å². The van der Waals surface area contributed by atoms with Crippen LogP contribution in [0.15, 0.2) is 15.5 Å². The van der Waals surface area contributed by atoms with Crippen molar-refractivity contribution >= 4 is 21.6 Å². The second-order valence-electron chi connectivity index (χ2n) is 4.60. The Hall–Kier alpha value is -0.880. The van der Waals surface area contributed by atoms with E-state index in [9.17, 15) is 9.90 Å².